The van der Waals surface area contributed by atoms with E-state index in [1.165, 1.54) is 42.0 Å². The molecule has 0 aliphatic carbocycles. The van der Waals surface area contributed by atoms with Gasteiger partial charge in [-0.15, -0.1) is 11.8 Å². The van der Waals surface area contributed by atoms with Crippen molar-refractivity contribution in [3.8, 4) is 11.5 Å². The molecule has 0 radical (unpaired) electrons. The van der Waals surface area contributed by atoms with Gasteiger partial charge in [0.1, 0.15) is 12.0 Å². The number of ether oxygens (including phenoxy) is 2. The van der Waals surface area contributed by atoms with E-state index >= 15 is 0 Å². The van der Waals surface area contributed by atoms with Crippen molar-refractivity contribution in [3.63, 3.8) is 0 Å². The number of rotatable bonds is 6. The molecule has 178 valence electrons. The zero-order valence-corrected chi connectivity index (χ0v) is 19.2. The van der Waals surface area contributed by atoms with E-state index in [1.54, 1.807) is 12.1 Å². The molecule has 3 aromatic rings. The number of carbonyl (C=O) groups is 1. The first-order valence-corrected chi connectivity index (χ1v) is 11.6. The van der Waals surface area contributed by atoms with Crippen molar-refractivity contribution in [2.24, 2.45) is 0 Å². The molecular weight excluding hydrogens is 465 g/mol. The number of nitrogens with zero attached hydrogens (tertiary/aromatic N) is 1. The highest BCUT2D eigenvalue weighted by Gasteiger charge is 2.36. The van der Waals surface area contributed by atoms with Crippen LogP contribution in [0.5, 0.6) is 11.5 Å². The number of para-hydroxylation sites is 1. The smallest absolute Gasteiger partial charge is 0.418 e. The largest absolute Gasteiger partial charge is 0.493 e. The van der Waals surface area contributed by atoms with Crippen LogP contribution in [0.2, 0.25) is 0 Å². The number of halogens is 3. The number of hydrogen-bond acceptors (Lipinski definition) is 4. The Balaban J connectivity index is 1.50. The van der Waals surface area contributed by atoms with Gasteiger partial charge in [0.15, 0.2) is 11.5 Å². The Morgan fingerprint density at radius 3 is 2.53 bits per heavy atom. The van der Waals surface area contributed by atoms with E-state index in [-0.39, 0.29) is 11.1 Å². The summed E-state index contributed by atoms with van der Waals surface area (Å²) in [5.74, 6) is 1.74. The van der Waals surface area contributed by atoms with Gasteiger partial charge in [0.25, 0.3) is 0 Å². The highest BCUT2D eigenvalue weighted by Crippen LogP contribution is 2.42. The summed E-state index contributed by atoms with van der Waals surface area (Å²) in [7, 11) is 1.54. The third-order valence-electron chi connectivity index (χ3n) is 5.34. The van der Waals surface area contributed by atoms with Crippen LogP contribution in [0.4, 0.5) is 23.7 Å². The van der Waals surface area contributed by atoms with Gasteiger partial charge in [-0.1, -0.05) is 48.5 Å². The lowest BCUT2D eigenvalue weighted by Gasteiger charge is -2.26. The van der Waals surface area contributed by atoms with Gasteiger partial charge in [0.05, 0.1) is 18.4 Å². The number of carbonyl (C=O) groups excluding carboxylic acids is 1. The van der Waals surface area contributed by atoms with Crippen molar-refractivity contribution >= 4 is 23.5 Å². The molecule has 1 atom stereocenters. The van der Waals surface area contributed by atoms with Crippen molar-refractivity contribution in [1.29, 1.82) is 0 Å². The van der Waals surface area contributed by atoms with Gasteiger partial charge in [0.2, 0.25) is 0 Å². The molecule has 0 bridgehead atoms. The summed E-state index contributed by atoms with van der Waals surface area (Å²) in [6.45, 7) is 0.784. The van der Waals surface area contributed by atoms with Gasteiger partial charge in [-0.05, 0) is 35.4 Å². The second-order valence-electron chi connectivity index (χ2n) is 7.57. The average molecular weight is 489 g/mol. The van der Waals surface area contributed by atoms with Crippen LogP contribution in [0.1, 0.15) is 22.1 Å². The lowest BCUT2D eigenvalue weighted by molar-refractivity contribution is -0.136. The van der Waals surface area contributed by atoms with Gasteiger partial charge in [-0.2, -0.15) is 13.2 Å². The Morgan fingerprint density at radius 1 is 1.06 bits per heavy atom. The highest BCUT2D eigenvalue weighted by atomic mass is 32.2. The van der Waals surface area contributed by atoms with Gasteiger partial charge in [0, 0.05) is 12.3 Å². The lowest BCUT2D eigenvalue weighted by Crippen LogP contribution is -2.34. The fourth-order valence-electron chi connectivity index (χ4n) is 3.67. The normalized spacial score (nSPS) is 15.8. The van der Waals surface area contributed by atoms with Crippen LogP contribution in [0.25, 0.3) is 0 Å². The number of urea groups is 1. The summed E-state index contributed by atoms with van der Waals surface area (Å²) in [5, 5.41) is 2.07. The van der Waals surface area contributed by atoms with Crippen molar-refractivity contribution in [1.82, 2.24) is 4.90 Å². The minimum atomic E-state index is -4.56. The fraction of sp³-hybridized carbons (Fsp3) is 0.240. The van der Waals surface area contributed by atoms with E-state index in [1.807, 2.05) is 36.4 Å². The standard InChI is InChI=1S/C25H23F3N2O3S/c1-32-22-15-18(11-12-21(22)33-16-17-7-3-2-4-8-17)23-30(13-14-34-23)24(31)29-20-10-6-5-9-19(20)25(26,27)28/h2-12,15,23H,13-14,16H2,1H3,(H,29,31). The number of benzene rings is 3. The third-order valence-corrected chi connectivity index (χ3v) is 6.60. The molecule has 34 heavy (non-hydrogen) atoms. The number of nitrogens with one attached hydrogen (secondary N) is 1. The van der Waals surface area contributed by atoms with Gasteiger partial charge in [-0.25, -0.2) is 4.79 Å². The predicted octanol–water partition coefficient (Wildman–Crippen LogP) is 6.57. The molecule has 1 unspecified atom stereocenters. The van der Waals surface area contributed by atoms with Gasteiger partial charge in [-0.3, -0.25) is 0 Å². The molecule has 9 heteroatoms. The molecule has 0 saturated carbocycles. The molecule has 1 aliphatic heterocycles. The zero-order valence-electron chi connectivity index (χ0n) is 18.3. The molecule has 5 nitrogen and oxygen atoms in total. The van der Waals surface area contributed by atoms with E-state index in [0.717, 1.165) is 17.2 Å². The average Bonchev–Trinajstić information content (AvgIpc) is 3.33. The minimum absolute atomic E-state index is 0.266. The Kier molecular flexibility index (Phi) is 7.21. The first-order chi connectivity index (χ1) is 16.4. The number of hydrogen-bond donors (Lipinski definition) is 1. The Labute approximate surface area is 199 Å². The molecule has 1 saturated heterocycles. The predicted molar refractivity (Wildman–Crippen MR) is 126 cm³/mol. The summed E-state index contributed by atoms with van der Waals surface area (Å²) < 4.78 is 51.3. The van der Waals surface area contributed by atoms with Crippen LogP contribution >= 0.6 is 11.8 Å². The highest BCUT2D eigenvalue weighted by molar-refractivity contribution is 7.99. The summed E-state index contributed by atoms with van der Waals surface area (Å²) in [6, 6.07) is 19.5. The maximum atomic E-state index is 13.3. The zero-order chi connectivity index (χ0) is 24.1. The number of anilines is 1. The van der Waals surface area contributed by atoms with Crippen LogP contribution in [-0.4, -0.2) is 30.3 Å². The van der Waals surface area contributed by atoms with Crippen LogP contribution in [0, 0.1) is 0 Å². The summed E-state index contributed by atoms with van der Waals surface area (Å²) in [5.41, 5.74) is 0.666. The first-order valence-electron chi connectivity index (χ1n) is 10.6. The summed E-state index contributed by atoms with van der Waals surface area (Å²) in [4.78, 5) is 14.5. The number of alkyl halides is 3. The van der Waals surface area contributed by atoms with Crippen LogP contribution in [0.15, 0.2) is 72.8 Å². The van der Waals surface area contributed by atoms with E-state index in [9.17, 15) is 18.0 Å². The monoisotopic (exact) mass is 488 g/mol. The molecule has 0 spiro atoms. The maximum absolute atomic E-state index is 13.3. The first kappa shape index (κ1) is 23.8. The summed E-state index contributed by atoms with van der Waals surface area (Å²) >= 11 is 1.53. The Morgan fingerprint density at radius 2 is 1.79 bits per heavy atom. The summed E-state index contributed by atoms with van der Waals surface area (Å²) in [6.07, 6.45) is -4.56. The molecule has 3 aromatic carbocycles. The molecule has 1 heterocycles. The van der Waals surface area contributed by atoms with Gasteiger partial charge < -0.3 is 19.7 Å². The van der Waals surface area contributed by atoms with Crippen molar-refractivity contribution in [3.05, 3.63) is 89.5 Å². The SMILES string of the molecule is COc1cc(C2SCCN2C(=O)Nc2ccccc2C(F)(F)F)ccc1OCc1ccccc1. The molecular formula is C25H23F3N2O3S. The van der Waals surface area contributed by atoms with E-state index in [4.69, 9.17) is 9.47 Å². The molecule has 1 fully saturated rings. The molecule has 1 N–H and O–H groups in total. The van der Waals surface area contributed by atoms with E-state index in [0.29, 0.717) is 30.4 Å². The second-order valence-corrected chi connectivity index (χ2v) is 8.76. The van der Waals surface area contributed by atoms with Crippen LogP contribution in [-0.2, 0) is 12.8 Å². The van der Waals surface area contributed by atoms with E-state index < -0.39 is 17.8 Å². The van der Waals surface area contributed by atoms with Crippen molar-refractivity contribution in [2.75, 3.05) is 24.7 Å². The van der Waals surface area contributed by atoms with Crippen LogP contribution < -0.4 is 14.8 Å². The Bertz CT molecular complexity index is 1140. The molecule has 2 amide bonds. The quantitative estimate of drug-likeness (QED) is 0.426. The number of methoxy groups -OCH3 is 1. The third kappa shape index (κ3) is 5.41. The minimum Gasteiger partial charge on any atom is -0.493 e. The van der Waals surface area contributed by atoms with Gasteiger partial charge >= 0.3 is 12.2 Å². The molecule has 4 rings (SSSR count). The molecule has 1 aliphatic rings. The van der Waals surface area contributed by atoms with Crippen LogP contribution in [0.3, 0.4) is 0 Å². The van der Waals surface area contributed by atoms with Crippen molar-refractivity contribution in [2.45, 2.75) is 18.2 Å². The topological polar surface area (TPSA) is 50.8 Å². The lowest BCUT2D eigenvalue weighted by atomic mass is 10.1. The number of thioether (sulfide) groups is 1. The van der Waals surface area contributed by atoms with E-state index in [2.05, 4.69) is 5.32 Å². The molecule has 0 aromatic heterocycles. The fourth-order valence-corrected chi connectivity index (χ4v) is 4.92. The number of amides is 2. The Hall–Kier alpha value is -3.33. The van der Waals surface area contributed by atoms with Crippen molar-refractivity contribution < 1.29 is 27.4 Å². The maximum Gasteiger partial charge on any atom is 0.418 e. The second kappa shape index (κ2) is 10.3.